The second-order valence-electron chi connectivity index (χ2n) is 5.73. The molecule has 0 radical (unpaired) electrons. The zero-order chi connectivity index (χ0) is 16.5. The number of benzene rings is 1. The van der Waals surface area contributed by atoms with E-state index in [1.54, 1.807) is 6.33 Å². The molecule has 3 heterocycles. The van der Waals surface area contributed by atoms with Crippen molar-refractivity contribution < 1.29 is 4.74 Å². The zero-order valence-corrected chi connectivity index (χ0v) is 15.1. The molecule has 3 aromatic rings. The van der Waals surface area contributed by atoms with Crippen molar-refractivity contribution in [2.45, 2.75) is 25.5 Å². The fourth-order valence-electron chi connectivity index (χ4n) is 2.83. The molecule has 24 heavy (non-hydrogen) atoms. The van der Waals surface area contributed by atoms with Crippen LogP contribution in [0.4, 0.5) is 17.2 Å². The van der Waals surface area contributed by atoms with E-state index in [0.29, 0.717) is 9.65 Å². The Balaban J connectivity index is 1.73. The molecule has 4 rings (SSSR count). The summed E-state index contributed by atoms with van der Waals surface area (Å²) in [5.74, 6) is 0.684. The maximum absolute atomic E-state index is 5.87. The van der Waals surface area contributed by atoms with Crippen LogP contribution < -0.4 is 11.1 Å². The number of nitrogens with zero attached hydrogens (tertiary/aromatic N) is 4. The van der Waals surface area contributed by atoms with E-state index in [-0.39, 0.29) is 6.23 Å². The highest BCUT2D eigenvalue weighted by atomic mass is 127. The van der Waals surface area contributed by atoms with Crippen LogP contribution in [-0.4, -0.2) is 26.1 Å². The normalized spacial score (nSPS) is 18.0. The number of ether oxygens (including phenoxy) is 1. The number of imidazole rings is 1. The summed E-state index contributed by atoms with van der Waals surface area (Å²) in [6.07, 6.45) is 5.04. The summed E-state index contributed by atoms with van der Waals surface area (Å²) in [6.45, 7) is 0.781. The minimum atomic E-state index is -0.00109. The molecule has 7 nitrogen and oxygen atoms in total. The SMILES string of the molecule is Nc1ccc(Nc2nc(I)nc3c2ncn3C2CCCCO2)cc1. The summed E-state index contributed by atoms with van der Waals surface area (Å²) in [6, 6.07) is 7.52. The fourth-order valence-corrected chi connectivity index (χ4v) is 3.30. The second-order valence-corrected chi connectivity index (χ2v) is 6.70. The molecule has 1 atom stereocenters. The number of nitrogens with one attached hydrogen (secondary N) is 1. The van der Waals surface area contributed by atoms with E-state index in [1.165, 1.54) is 0 Å². The predicted molar refractivity (Wildman–Crippen MR) is 101 cm³/mol. The summed E-state index contributed by atoms with van der Waals surface area (Å²) >= 11 is 2.12. The Morgan fingerprint density at radius 3 is 2.79 bits per heavy atom. The summed E-state index contributed by atoms with van der Waals surface area (Å²) in [5, 5.41) is 3.30. The first-order valence-corrected chi connectivity index (χ1v) is 8.93. The summed E-state index contributed by atoms with van der Waals surface area (Å²) < 4.78 is 8.54. The third-order valence-electron chi connectivity index (χ3n) is 4.03. The Kier molecular flexibility index (Phi) is 4.23. The van der Waals surface area contributed by atoms with E-state index in [4.69, 9.17) is 10.5 Å². The average Bonchev–Trinajstić information content (AvgIpc) is 3.01. The lowest BCUT2D eigenvalue weighted by Crippen LogP contribution is -2.18. The number of halogens is 1. The Bertz CT molecular complexity index is 857. The van der Waals surface area contributed by atoms with Crippen LogP contribution in [0.2, 0.25) is 0 Å². The van der Waals surface area contributed by atoms with Crippen molar-refractivity contribution in [3.63, 3.8) is 0 Å². The lowest BCUT2D eigenvalue weighted by molar-refractivity contribution is -0.0298. The van der Waals surface area contributed by atoms with Gasteiger partial charge in [0.1, 0.15) is 6.23 Å². The Morgan fingerprint density at radius 1 is 1.21 bits per heavy atom. The molecule has 1 saturated heterocycles. The van der Waals surface area contributed by atoms with Crippen LogP contribution in [0, 0.1) is 3.83 Å². The van der Waals surface area contributed by atoms with Crippen molar-refractivity contribution in [2.24, 2.45) is 0 Å². The number of hydrogen-bond donors (Lipinski definition) is 2. The van der Waals surface area contributed by atoms with E-state index in [2.05, 4.69) is 42.9 Å². The predicted octanol–water partition coefficient (Wildman–Crippen LogP) is 3.46. The summed E-state index contributed by atoms with van der Waals surface area (Å²) in [7, 11) is 0. The van der Waals surface area contributed by atoms with Gasteiger partial charge >= 0.3 is 0 Å². The van der Waals surface area contributed by atoms with Crippen LogP contribution >= 0.6 is 22.6 Å². The molecule has 0 aliphatic carbocycles. The van der Waals surface area contributed by atoms with Gasteiger partial charge in [0.2, 0.25) is 0 Å². The lowest BCUT2D eigenvalue weighted by atomic mass is 10.2. The number of anilines is 3. The number of nitrogens with two attached hydrogens (primary N) is 1. The Morgan fingerprint density at radius 2 is 2.04 bits per heavy atom. The van der Waals surface area contributed by atoms with E-state index in [9.17, 15) is 0 Å². The largest absolute Gasteiger partial charge is 0.399 e. The van der Waals surface area contributed by atoms with Crippen LogP contribution in [0.15, 0.2) is 30.6 Å². The molecule has 1 unspecified atom stereocenters. The molecule has 0 amide bonds. The van der Waals surface area contributed by atoms with Crippen molar-refractivity contribution in [2.75, 3.05) is 17.7 Å². The van der Waals surface area contributed by atoms with Gasteiger partial charge in [-0.25, -0.2) is 15.0 Å². The molecule has 2 aromatic heterocycles. The third-order valence-corrected chi connectivity index (χ3v) is 4.52. The van der Waals surface area contributed by atoms with Crippen LogP contribution in [-0.2, 0) is 4.74 Å². The van der Waals surface area contributed by atoms with Gasteiger partial charge in [0.05, 0.1) is 6.33 Å². The summed E-state index contributed by atoms with van der Waals surface area (Å²) in [4.78, 5) is 13.6. The van der Waals surface area contributed by atoms with Gasteiger partial charge in [-0.05, 0) is 43.5 Å². The third kappa shape index (κ3) is 3.03. The Hall–Kier alpha value is -1.94. The smallest absolute Gasteiger partial charge is 0.194 e. The molecule has 8 heteroatoms. The van der Waals surface area contributed by atoms with E-state index < -0.39 is 0 Å². The molecule has 3 N–H and O–H groups in total. The number of rotatable bonds is 3. The highest BCUT2D eigenvalue weighted by Gasteiger charge is 2.21. The molecule has 1 aliphatic heterocycles. The molecule has 0 spiro atoms. The van der Waals surface area contributed by atoms with E-state index in [1.807, 2.05) is 28.8 Å². The van der Waals surface area contributed by atoms with Crippen LogP contribution in [0.1, 0.15) is 25.5 Å². The highest BCUT2D eigenvalue weighted by Crippen LogP contribution is 2.29. The van der Waals surface area contributed by atoms with Gasteiger partial charge in [-0.15, -0.1) is 0 Å². The van der Waals surface area contributed by atoms with Crippen molar-refractivity contribution >= 4 is 50.9 Å². The minimum Gasteiger partial charge on any atom is -0.399 e. The highest BCUT2D eigenvalue weighted by molar-refractivity contribution is 14.1. The first-order chi connectivity index (χ1) is 11.7. The van der Waals surface area contributed by atoms with Gasteiger partial charge in [0, 0.05) is 40.6 Å². The van der Waals surface area contributed by atoms with Gasteiger partial charge in [0.25, 0.3) is 0 Å². The summed E-state index contributed by atoms with van der Waals surface area (Å²) in [5.41, 5.74) is 8.89. The van der Waals surface area contributed by atoms with Crippen molar-refractivity contribution in [3.8, 4) is 0 Å². The number of nitrogen functional groups attached to an aromatic ring is 1. The average molecular weight is 436 g/mol. The Labute approximate surface area is 152 Å². The number of fused-ring (bicyclic) bond motifs is 1. The molecule has 0 saturated carbocycles. The topological polar surface area (TPSA) is 90.9 Å². The monoisotopic (exact) mass is 436 g/mol. The first-order valence-electron chi connectivity index (χ1n) is 7.85. The number of aromatic nitrogens is 4. The quantitative estimate of drug-likeness (QED) is 0.371. The molecular formula is C16H17IN6O. The van der Waals surface area contributed by atoms with Crippen molar-refractivity contribution in [1.82, 2.24) is 19.5 Å². The molecule has 1 fully saturated rings. The van der Waals surface area contributed by atoms with Crippen molar-refractivity contribution in [1.29, 1.82) is 0 Å². The van der Waals surface area contributed by atoms with Gasteiger partial charge in [0.15, 0.2) is 20.8 Å². The molecule has 0 bridgehead atoms. The molecule has 1 aliphatic rings. The van der Waals surface area contributed by atoms with E-state index in [0.717, 1.165) is 48.4 Å². The first kappa shape index (κ1) is 15.6. The van der Waals surface area contributed by atoms with Gasteiger partial charge in [-0.1, -0.05) is 0 Å². The van der Waals surface area contributed by atoms with Crippen molar-refractivity contribution in [3.05, 3.63) is 34.4 Å². The van der Waals surface area contributed by atoms with E-state index >= 15 is 0 Å². The lowest BCUT2D eigenvalue weighted by Gasteiger charge is -2.23. The molecule has 124 valence electrons. The standard InChI is InChI=1S/C16H17IN6O/c17-16-21-14(20-11-6-4-10(18)5-7-11)13-15(22-16)23(9-19-13)12-3-1-2-8-24-12/h4-7,9,12H,1-3,8,18H2,(H,20,21,22). The maximum atomic E-state index is 5.87. The zero-order valence-electron chi connectivity index (χ0n) is 12.9. The minimum absolute atomic E-state index is 0.00109. The van der Waals surface area contributed by atoms with Crippen LogP contribution in [0.5, 0.6) is 0 Å². The fraction of sp³-hybridized carbons (Fsp3) is 0.312. The van der Waals surface area contributed by atoms with Gasteiger partial charge in [-0.2, -0.15) is 0 Å². The van der Waals surface area contributed by atoms with Gasteiger partial charge < -0.3 is 15.8 Å². The maximum Gasteiger partial charge on any atom is 0.194 e. The van der Waals surface area contributed by atoms with Crippen LogP contribution in [0.3, 0.4) is 0 Å². The molecular weight excluding hydrogens is 419 g/mol. The van der Waals surface area contributed by atoms with Gasteiger partial charge in [-0.3, -0.25) is 4.57 Å². The van der Waals surface area contributed by atoms with Crippen LogP contribution in [0.25, 0.3) is 11.2 Å². The number of hydrogen-bond acceptors (Lipinski definition) is 6. The second kappa shape index (κ2) is 6.52. The molecule has 1 aromatic carbocycles.